The molecule has 1 aliphatic heterocycles. The minimum absolute atomic E-state index is 0.0435. The summed E-state index contributed by atoms with van der Waals surface area (Å²) in [6, 6.07) is 0.0468. The van der Waals surface area contributed by atoms with E-state index < -0.39 is 5.79 Å². The second-order valence-electron chi connectivity index (χ2n) is 4.85. The van der Waals surface area contributed by atoms with Crippen LogP contribution < -0.4 is 5.23 Å². The quantitative estimate of drug-likeness (QED) is 0.512. The molecule has 0 unspecified atom stereocenters. The molecule has 92 valence electrons. The van der Waals surface area contributed by atoms with Crippen LogP contribution in [0.1, 0.15) is 20.3 Å². The fourth-order valence-corrected chi connectivity index (χ4v) is 2.51. The lowest BCUT2D eigenvalue weighted by Gasteiger charge is -2.23. The van der Waals surface area contributed by atoms with E-state index in [1.165, 1.54) is 0 Å². The van der Waals surface area contributed by atoms with Crippen molar-refractivity contribution in [2.75, 3.05) is 13.2 Å². The van der Waals surface area contributed by atoms with Crippen LogP contribution in [0.3, 0.4) is 0 Å². The molecule has 5 nitrogen and oxygen atoms in total. The van der Waals surface area contributed by atoms with E-state index in [-0.39, 0.29) is 24.4 Å². The molecule has 0 aromatic carbocycles. The lowest BCUT2D eigenvalue weighted by atomic mass is 10.1. The molecular formula is C10H17B2NO4. The van der Waals surface area contributed by atoms with Crippen LogP contribution in [0.25, 0.3) is 0 Å². The normalized spacial score (nSPS) is 39.4. The van der Waals surface area contributed by atoms with Crippen molar-refractivity contribution in [1.82, 2.24) is 5.23 Å². The summed E-state index contributed by atoms with van der Waals surface area (Å²) < 4.78 is 21.8. The molecule has 7 heteroatoms. The zero-order chi connectivity index (χ0) is 12.5. The average molecular weight is 237 g/mol. The minimum atomic E-state index is -0.586. The average Bonchev–Trinajstić information content (AvgIpc) is 2.73. The minimum Gasteiger partial charge on any atom is -0.445 e. The van der Waals surface area contributed by atoms with Gasteiger partial charge in [-0.3, -0.25) is 0 Å². The van der Waals surface area contributed by atoms with E-state index in [0.29, 0.717) is 13.2 Å². The van der Waals surface area contributed by atoms with Gasteiger partial charge in [0.1, 0.15) is 12.2 Å². The Morgan fingerprint density at radius 3 is 2.65 bits per heavy atom. The topological polar surface area (TPSA) is 49.0 Å². The van der Waals surface area contributed by atoms with Gasteiger partial charge in [0.2, 0.25) is 0 Å². The van der Waals surface area contributed by atoms with Gasteiger partial charge in [0.15, 0.2) is 13.8 Å². The maximum absolute atomic E-state index is 5.83. The van der Waals surface area contributed by atoms with Crippen LogP contribution in [-0.2, 0) is 18.9 Å². The molecular weight excluding hydrogens is 220 g/mol. The fraction of sp³-hybridized carbons (Fsp3) is 1.00. The summed E-state index contributed by atoms with van der Waals surface area (Å²) in [7, 11) is 10.5. The first-order valence-corrected chi connectivity index (χ1v) is 5.82. The predicted octanol–water partition coefficient (Wildman–Crippen LogP) is -0.563. The van der Waals surface area contributed by atoms with Crippen molar-refractivity contribution in [1.29, 1.82) is 0 Å². The highest BCUT2D eigenvalue weighted by Crippen LogP contribution is 2.39. The van der Waals surface area contributed by atoms with Gasteiger partial charge < -0.3 is 24.1 Å². The zero-order valence-electron chi connectivity index (χ0n) is 10.2. The van der Waals surface area contributed by atoms with Crippen LogP contribution in [-0.4, -0.2) is 59.4 Å². The molecule has 1 N–H and O–H groups in total. The second kappa shape index (κ2) is 5.28. The molecule has 0 aromatic heterocycles. The summed E-state index contributed by atoms with van der Waals surface area (Å²) in [6.07, 6.45) is 0.549. The standard InChI is InChI=1S/C10H17B2NO4/c1-10(2)16-8-6(13-11)5-7(9(8)17-10)14-3-4-15-12/h6-9,13H,3-5H2,1-2H3/t6-,7+,8+,9-/m1/s1. The van der Waals surface area contributed by atoms with Crippen molar-refractivity contribution >= 4 is 16.0 Å². The van der Waals surface area contributed by atoms with Crippen molar-refractivity contribution in [3.63, 3.8) is 0 Å². The summed E-state index contributed by atoms with van der Waals surface area (Å²) in [5.41, 5.74) is 0. The summed E-state index contributed by atoms with van der Waals surface area (Å²) in [6.45, 7) is 4.57. The molecule has 0 amide bonds. The van der Waals surface area contributed by atoms with Gasteiger partial charge in [0, 0.05) is 6.04 Å². The van der Waals surface area contributed by atoms with E-state index >= 15 is 0 Å². The van der Waals surface area contributed by atoms with Crippen LogP contribution in [0, 0.1) is 0 Å². The molecule has 0 aromatic rings. The smallest absolute Gasteiger partial charge is 0.282 e. The number of rotatable bonds is 5. The van der Waals surface area contributed by atoms with Gasteiger partial charge in [-0.05, 0) is 20.3 Å². The number of fused-ring (bicyclic) bond motifs is 1. The first-order chi connectivity index (χ1) is 8.07. The molecule has 0 bridgehead atoms. The maximum Gasteiger partial charge on any atom is 0.282 e. The number of ether oxygens (including phenoxy) is 3. The van der Waals surface area contributed by atoms with Gasteiger partial charge in [-0.1, -0.05) is 0 Å². The highest BCUT2D eigenvalue weighted by Gasteiger charge is 2.53. The van der Waals surface area contributed by atoms with Gasteiger partial charge >= 0.3 is 0 Å². The number of hydrogen-bond donors (Lipinski definition) is 1. The Labute approximate surface area is 104 Å². The van der Waals surface area contributed by atoms with Gasteiger partial charge in [-0.15, -0.1) is 0 Å². The summed E-state index contributed by atoms with van der Waals surface area (Å²) in [5.74, 6) is -0.586. The third-order valence-corrected chi connectivity index (χ3v) is 3.16. The second-order valence-corrected chi connectivity index (χ2v) is 4.85. The summed E-state index contributed by atoms with van der Waals surface area (Å²) in [5, 5.41) is 2.75. The Morgan fingerprint density at radius 2 is 2.00 bits per heavy atom. The molecule has 1 saturated heterocycles. The van der Waals surface area contributed by atoms with E-state index in [4.69, 9.17) is 30.2 Å². The van der Waals surface area contributed by atoms with Crippen LogP contribution in [0.4, 0.5) is 0 Å². The molecule has 4 radical (unpaired) electrons. The first-order valence-electron chi connectivity index (χ1n) is 5.82. The molecule has 17 heavy (non-hydrogen) atoms. The Bertz CT molecular complexity index is 267. The lowest BCUT2D eigenvalue weighted by molar-refractivity contribution is -0.168. The molecule has 0 spiro atoms. The van der Waals surface area contributed by atoms with Crippen molar-refractivity contribution in [2.45, 2.75) is 50.4 Å². The molecule has 1 aliphatic carbocycles. The molecule has 1 saturated carbocycles. The lowest BCUT2D eigenvalue weighted by Crippen LogP contribution is -2.38. The van der Waals surface area contributed by atoms with Crippen LogP contribution >= 0.6 is 0 Å². The predicted molar refractivity (Wildman–Crippen MR) is 62.6 cm³/mol. The van der Waals surface area contributed by atoms with E-state index in [2.05, 4.69) is 9.88 Å². The Kier molecular flexibility index (Phi) is 4.15. The van der Waals surface area contributed by atoms with E-state index in [0.717, 1.165) is 6.42 Å². The van der Waals surface area contributed by atoms with Gasteiger partial charge in [-0.2, -0.15) is 0 Å². The van der Waals surface area contributed by atoms with Gasteiger partial charge in [-0.25, -0.2) is 0 Å². The Balaban J connectivity index is 1.95. The molecule has 2 rings (SSSR count). The summed E-state index contributed by atoms with van der Waals surface area (Å²) >= 11 is 0. The molecule has 2 aliphatic rings. The van der Waals surface area contributed by atoms with Gasteiger partial charge in [0.05, 0.1) is 19.3 Å². The maximum atomic E-state index is 5.83. The largest absolute Gasteiger partial charge is 0.445 e. The molecule has 1 heterocycles. The van der Waals surface area contributed by atoms with Gasteiger partial charge in [0.25, 0.3) is 8.05 Å². The monoisotopic (exact) mass is 237 g/mol. The fourth-order valence-electron chi connectivity index (χ4n) is 2.51. The van der Waals surface area contributed by atoms with Crippen LogP contribution in [0.5, 0.6) is 0 Å². The molecule has 2 fully saturated rings. The highest BCUT2D eigenvalue weighted by atomic mass is 16.8. The Morgan fingerprint density at radius 1 is 1.29 bits per heavy atom. The van der Waals surface area contributed by atoms with Crippen molar-refractivity contribution in [3.8, 4) is 0 Å². The first kappa shape index (κ1) is 13.4. The Hall–Kier alpha value is -0.0701. The number of nitrogens with one attached hydrogen (secondary N) is 1. The van der Waals surface area contributed by atoms with E-state index in [1.807, 2.05) is 13.8 Å². The number of hydrogen-bond acceptors (Lipinski definition) is 5. The van der Waals surface area contributed by atoms with Crippen molar-refractivity contribution in [2.24, 2.45) is 0 Å². The zero-order valence-corrected chi connectivity index (χ0v) is 10.2. The van der Waals surface area contributed by atoms with E-state index in [1.54, 1.807) is 0 Å². The van der Waals surface area contributed by atoms with Crippen LogP contribution in [0.2, 0.25) is 0 Å². The SMILES string of the molecule is [B]N[C@@H]1C[C@H](OCCO[B])[C@H]2OC(C)(C)O[C@H]21. The highest BCUT2D eigenvalue weighted by molar-refractivity contribution is 6.04. The van der Waals surface area contributed by atoms with E-state index in [9.17, 15) is 0 Å². The third-order valence-electron chi connectivity index (χ3n) is 3.16. The molecule has 4 atom stereocenters. The summed E-state index contributed by atoms with van der Waals surface area (Å²) in [4.78, 5) is 0. The van der Waals surface area contributed by atoms with Crippen molar-refractivity contribution < 1.29 is 18.9 Å². The van der Waals surface area contributed by atoms with Crippen LogP contribution in [0.15, 0.2) is 0 Å². The third kappa shape index (κ3) is 2.85. The van der Waals surface area contributed by atoms with Crippen molar-refractivity contribution in [3.05, 3.63) is 0 Å².